The lowest BCUT2D eigenvalue weighted by Gasteiger charge is -2.06. The molecule has 2 heteroatoms. The Morgan fingerprint density at radius 1 is 1.67 bits per heavy atom. The molecular weight excluding hydrogens is 132 g/mol. The number of carbonyl (C=O) groups is 1. The van der Waals surface area contributed by atoms with E-state index in [9.17, 15) is 4.79 Å². The van der Waals surface area contributed by atoms with Gasteiger partial charge in [-0.1, -0.05) is 6.92 Å². The van der Waals surface area contributed by atoms with Gasteiger partial charge in [0.2, 0.25) is 0 Å². The van der Waals surface area contributed by atoms with Gasteiger partial charge in [-0.15, -0.1) is 0 Å². The lowest BCUT2D eigenvalue weighted by molar-refractivity contribution is -0.120. The summed E-state index contributed by atoms with van der Waals surface area (Å²) < 4.78 is 0. The van der Waals surface area contributed by atoms with Crippen molar-refractivity contribution in [3.8, 4) is 0 Å². The summed E-state index contributed by atoms with van der Waals surface area (Å²) >= 11 is 4.06. The van der Waals surface area contributed by atoms with E-state index in [1.807, 2.05) is 6.92 Å². The minimum Gasteiger partial charge on any atom is -0.300 e. The van der Waals surface area contributed by atoms with Gasteiger partial charge in [-0.2, -0.15) is 12.6 Å². The summed E-state index contributed by atoms with van der Waals surface area (Å²) in [4.78, 5) is 10.7. The summed E-state index contributed by atoms with van der Waals surface area (Å²) in [6.07, 6.45) is 1.88. The zero-order chi connectivity index (χ0) is 7.28. The van der Waals surface area contributed by atoms with Gasteiger partial charge in [-0.3, -0.25) is 4.79 Å². The molecule has 0 spiro atoms. The smallest absolute Gasteiger partial charge is 0.132 e. The van der Waals surface area contributed by atoms with Crippen LogP contribution >= 0.6 is 12.6 Å². The van der Waals surface area contributed by atoms with E-state index in [0.717, 1.165) is 18.6 Å². The Hall–Kier alpha value is 0.0200. The number of Topliss-reactive ketones (excluding diaryl/α,β-unsaturated/α-hetero) is 1. The third kappa shape index (κ3) is 3.57. The Morgan fingerprint density at radius 3 is 2.33 bits per heavy atom. The van der Waals surface area contributed by atoms with Crippen molar-refractivity contribution >= 4 is 18.4 Å². The topological polar surface area (TPSA) is 17.1 Å². The highest BCUT2D eigenvalue weighted by Gasteiger charge is 2.08. The first kappa shape index (κ1) is 9.02. The summed E-state index contributed by atoms with van der Waals surface area (Å²) in [7, 11) is 0. The van der Waals surface area contributed by atoms with Crippen LogP contribution in [0.1, 0.15) is 26.7 Å². The minimum absolute atomic E-state index is 0.252. The molecule has 0 fully saturated rings. The normalized spacial score (nSPS) is 13.2. The van der Waals surface area contributed by atoms with Crippen LogP contribution in [0.15, 0.2) is 0 Å². The van der Waals surface area contributed by atoms with Crippen LogP contribution in [0, 0.1) is 5.92 Å². The van der Waals surface area contributed by atoms with Gasteiger partial charge in [0.05, 0.1) is 0 Å². The van der Waals surface area contributed by atoms with Gasteiger partial charge in [-0.25, -0.2) is 0 Å². The Bertz CT molecular complexity index is 90.9. The minimum atomic E-state index is 0.252. The molecule has 0 rings (SSSR count). The van der Waals surface area contributed by atoms with Crippen molar-refractivity contribution in [3.63, 3.8) is 0 Å². The zero-order valence-electron chi connectivity index (χ0n) is 6.05. The highest BCUT2D eigenvalue weighted by Crippen LogP contribution is 2.09. The molecule has 0 N–H and O–H groups in total. The van der Waals surface area contributed by atoms with Crippen LogP contribution in [0.25, 0.3) is 0 Å². The molecule has 0 saturated carbocycles. The zero-order valence-corrected chi connectivity index (χ0v) is 6.95. The van der Waals surface area contributed by atoms with Gasteiger partial charge in [0.1, 0.15) is 5.78 Å². The van der Waals surface area contributed by atoms with Crippen molar-refractivity contribution < 1.29 is 4.79 Å². The van der Waals surface area contributed by atoms with E-state index in [2.05, 4.69) is 12.6 Å². The quantitative estimate of drug-likeness (QED) is 0.600. The van der Waals surface area contributed by atoms with Crippen LogP contribution in [0.5, 0.6) is 0 Å². The molecule has 1 nitrogen and oxygen atoms in total. The Kier molecular flexibility index (Phi) is 4.87. The molecule has 0 aromatic carbocycles. The van der Waals surface area contributed by atoms with E-state index < -0.39 is 0 Å². The molecule has 1 unspecified atom stereocenters. The summed E-state index contributed by atoms with van der Waals surface area (Å²) in [5.41, 5.74) is 0. The van der Waals surface area contributed by atoms with Gasteiger partial charge in [-0.05, 0) is 25.5 Å². The van der Waals surface area contributed by atoms with Crippen molar-refractivity contribution in [2.75, 3.05) is 5.75 Å². The van der Waals surface area contributed by atoms with E-state index in [4.69, 9.17) is 0 Å². The molecule has 1 atom stereocenters. The van der Waals surface area contributed by atoms with Gasteiger partial charge >= 0.3 is 0 Å². The average Bonchev–Trinajstić information content (AvgIpc) is 1.82. The molecule has 9 heavy (non-hydrogen) atoms. The first-order valence-electron chi connectivity index (χ1n) is 3.33. The maximum Gasteiger partial charge on any atom is 0.132 e. The number of hydrogen-bond donors (Lipinski definition) is 1. The van der Waals surface area contributed by atoms with Crippen molar-refractivity contribution in [3.05, 3.63) is 0 Å². The van der Waals surface area contributed by atoms with Crippen LogP contribution in [0.2, 0.25) is 0 Å². The lowest BCUT2D eigenvalue weighted by atomic mass is 10.00. The van der Waals surface area contributed by atoms with E-state index in [1.165, 1.54) is 0 Å². The van der Waals surface area contributed by atoms with Crippen LogP contribution in [0.4, 0.5) is 0 Å². The molecule has 0 aliphatic carbocycles. The highest BCUT2D eigenvalue weighted by molar-refractivity contribution is 7.80. The number of ketones is 1. The average molecular weight is 146 g/mol. The van der Waals surface area contributed by atoms with Gasteiger partial charge < -0.3 is 0 Å². The maximum absolute atomic E-state index is 10.7. The Balaban J connectivity index is 3.54. The van der Waals surface area contributed by atoms with Crippen molar-refractivity contribution in [1.29, 1.82) is 0 Å². The fourth-order valence-electron chi connectivity index (χ4n) is 0.851. The molecule has 0 aromatic heterocycles. The molecule has 0 radical (unpaired) electrons. The predicted octanol–water partition coefficient (Wildman–Crippen LogP) is 1.92. The van der Waals surface area contributed by atoms with Gasteiger partial charge in [0.15, 0.2) is 0 Å². The molecule has 0 bridgehead atoms. The van der Waals surface area contributed by atoms with Crippen molar-refractivity contribution in [1.82, 2.24) is 0 Å². The molecule has 0 heterocycles. The molecule has 0 amide bonds. The van der Waals surface area contributed by atoms with E-state index in [-0.39, 0.29) is 5.92 Å². The fourth-order valence-corrected chi connectivity index (χ4v) is 1.16. The van der Waals surface area contributed by atoms with Crippen LogP contribution in [-0.4, -0.2) is 11.5 Å². The number of rotatable bonds is 4. The van der Waals surface area contributed by atoms with E-state index >= 15 is 0 Å². The third-order valence-corrected chi connectivity index (χ3v) is 1.80. The van der Waals surface area contributed by atoms with Crippen molar-refractivity contribution in [2.24, 2.45) is 5.92 Å². The van der Waals surface area contributed by atoms with E-state index in [0.29, 0.717) is 5.78 Å². The largest absolute Gasteiger partial charge is 0.300 e. The van der Waals surface area contributed by atoms with Crippen LogP contribution in [0.3, 0.4) is 0 Å². The third-order valence-electron chi connectivity index (χ3n) is 1.55. The predicted molar refractivity (Wildman–Crippen MR) is 42.9 cm³/mol. The monoisotopic (exact) mass is 146 g/mol. The first-order chi connectivity index (χ1) is 4.22. The SMILES string of the molecule is CCC(CCS)C(C)=O. The first-order valence-corrected chi connectivity index (χ1v) is 3.97. The Labute approximate surface area is 62.2 Å². The van der Waals surface area contributed by atoms with Gasteiger partial charge in [0, 0.05) is 5.92 Å². The summed E-state index contributed by atoms with van der Waals surface area (Å²) in [6, 6.07) is 0. The summed E-state index contributed by atoms with van der Waals surface area (Å²) in [6.45, 7) is 3.69. The summed E-state index contributed by atoms with van der Waals surface area (Å²) in [5, 5.41) is 0. The van der Waals surface area contributed by atoms with Crippen LogP contribution in [-0.2, 0) is 4.79 Å². The maximum atomic E-state index is 10.7. The highest BCUT2D eigenvalue weighted by atomic mass is 32.1. The number of carbonyl (C=O) groups excluding carboxylic acids is 1. The fraction of sp³-hybridized carbons (Fsp3) is 0.857. The molecule has 54 valence electrons. The second-order valence-corrected chi connectivity index (χ2v) is 2.68. The lowest BCUT2D eigenvalue weighted by Crippen LogP contribution is -2.09. The van der Waals surface area contributed by atoms with E-state index in [1.54, 1.807) is 6.92 Å². The molecule has 0 saturated heterocycles. The molecule has 0 aliphatic heterocycles. The number of hydrogen-bond acceptors (Lipinski definition) is 2. The second-order valence-electron chi connectivity index (χ2n) is 2.23. The Morgan fingerprint density at radius 2 is 2.22 bits per heavy atom. The second kappa shape index (κ2) is 4.86. The summed E-state index contributed by atoms with van der Waals surface area (Å²) in [5.74, 6) is 1.37. The van der Waals surface area contributed by atoms with Crippen molar-refractivity contribution in [2.45, 2.75) is 26.7 Å². The van der Waals surface area contributed by atoms with Gasteiger partial charge in [0.25, 0.3) is 0 Å². The molecule has 0 aromatic rings. The standard InChI is InChI=1S/C7H14OS/c1-3-7(4-5-9)6(2)8/h7,9H,3-5H2,1-2H3. The molecular formula is C7H14OS. The van der Waals surface area contributed by atoms with Crippen LogP contribution < -0.4 is 0 Å². The molecule has 0 aliphatic rings. The number of thiol groups is 1.